The van der Waals surface area contributed by atoms with E-state index in [-0.39, 0.29) is 24.8 Å². The molecule has 26 heavy (non-hydrogen) atoms. The minimum atomic E-state index is -0.850. The molecule has 0 aliphatic rings. The number of halogens is 2. The largest absolute Gasteiger partial charge is 0.470 e. The number of aromatic nitrogens is 2. The van der Waals surface area contributed by atoms with Gasteiger partial charge in [0, 0.05) is 11.9 Å². The summed E-state index contributed by atoms with van der Waals surface area (Å²) in [5.41, 5.74) is 0.127. The Morgan fingerprint density at radius 1 is 1.35 bits per heavy atom. The maximum absolute atomic E-state index is 12.2. The van der Waals surface area contributed by atoms with Gasteiger partial charge < -0.3 is 14.8 Å². The van der Waals surface area contributed by atoms with Crippen LogP contribution in [0.5, 0.6) is 5.75 Å². The number of nitrogens with one attached hydrogen (secondary N) is 1. The highest BCUT2D eigenvalue weighted by atomic mass is 35.5. The van der Waals surface area contributed by atoms with Gasteiger partial charge in [0.1, 0.15) is 22.5 Å². The van der Waals surface area contributed by atoms with Gasteiger partial charge in [0.2, 0.25) is 0 Å². The van der Waals surface area contributed by atoms with Crippen LogP contribution in [0, 0.1) is 0 Å². The van der Waals surface area contributed by atoms with Gasteiger partial charge in [-0.1, -0.05) is 29.3 Å². The monoisotopic (exact) mass is 417 g/mol. The summed E-state index contributed by atoms with van der Waals surface area (Å²) >= 11 is 16.0. The number of carbonyl (C=O) groups excluding carboxylic acids is 2. The van der Waals surface area contributed by atoms with Crippen LogP contribution in [0.3, 0.4) is 0 Å². The van der Waals surface area contributed by atoms with Crippen LogP contribution in [0.15, 0.2) is 30.5 Å². The van der Waals surface area contributed by atoms with E-state index in [9.17, 15) is 9.59 Å². The zero-order valence-electron chi connectivity index (χ0n) is 13.8. The van der Waals surface area contributed by atoms with Crippen LogP contribution in [0.4, 0.5) is 0 Å². The van der Waals surface area contributed by atoms with Crippen LogP contribution in [0.25, 0.3) is 0 Å². The molecular weight excluding hydrogens is 401 g/mol. The van der Waals surface area contributed by atoms with Gasteiger partial charge in [0.25, 0.3) is 5.91 Å². The van der Waals surface area contributed by atoms with Gasteiger partial charge in [0.05, 0.1) is 11.6 Å². The first-order valence-electron chi connectivity index (χ1n) is 7.64. The molecule has 7 nitrogen and oxygen atoms in total. The molecule has 0 radical (unpaired) electrons. The predicted octanol–water partition coefficient (Wildman–Crippen LogP) is 2.82. The SMILES string of the molecule is CCOC(=O)[C@H](CS)NC(=O)c1ccn(COc2cccc(Cl)c2Cl)n1. The summed E-state index contributed by atoms with van der Waals surface area (Å²) < 4.78 is 11.8. The van der Waals surface area contributed by atoms with E-state index in [4.69, 9.17) is 32.7 Å². The number of esters is 1. The zero-order chi connectivity index (χ0) is 19.1. The van der Waals surface area contributed by atoms with Crippen molar-refractivity contribution in [3.8, 4) is 5.75 Å². The average molecular weight is 418 g/mol. The Kier molecular flexibility index (Phi) is 7.62. The van der Waals surface area contributed by atoms with Crippen molar-refractivity contribution in [3.05, 3.63) is 46.2 Å². The van der Waals surface area contributed by atoms with E-state index in [0.717, 1.165) is 0 Å². The number of hydrogen-bond donors (Lipinski definition) is 2. The van der Waals surface area contributed by atoms with Crippen LogP contribution in [0.1, 0.15) is 17.4 Å². The lowest BCUT2D eigenvalue weighted by Crippen LogP contribution is -2.43. The summed E-state index contributed by atoms with van der Waals surface area (Å²) in [6, 6.07) is 5.67. The highest BCUT2D eigenvalue weighted by Crippen LogP contribution is 2.31. The number of amides is 1. The lowest BCUT2D eigenvalue weighted by atomic mass is 10.3. The summed E-state index contributed by atoms with van der Waals surface area (Å²) in [6.45, 7) is 1.93. The van der Waals surface area contributed by atoms with Crippen LogP contribution in [-0.2, 0) is 16.3 Å². The summed E-state index contributed by atoms with van der Waals surface area (Å²) in [7, 11) is 0. The molecule has 1 atom stereocenters. The molecule has 0 unspecified atom stereocenters. The molecule has 0 fully saturated rings. The number of nitrogens with zero attached hydrogens (tertiary/aromatic N) is 2. The van der Waals surface area contributed by atoms with Gasteiger partial charge in [-0.3, -0.25) is 4.79 Å². The van der Waals surface area contributed by atoms with Gasteiger partial charge in [-0.05, 0) is 25.1 Å². The number of hydrogen-bond acceptors (Lipinski definition) is 6. The Labute approximate surface area is 166 Å². The maximum atomic E-state index is 12.2. The second-order valence-electron chi connectivity index (χ2n) is 5.03. The predicted molar refractivity (Wildman–Crippen MR) is 101 cm³/mol. The number of carbonyl (C=O) groups is 2. The van der Waals surface area contributed by atoms with E-state index in [1.165, 1.54) is 10.7 Å². The van der Waals surface area contributed by atoms with Crippen molar-refractivity contribution in [1.82, 2.24) is 15.1 Å². The summed E-state index contributed by atoms with van der Waals surface area (Å²) in [4.78, 5) is 23.9. The number of rotatable bonds is 8. The minimum absolute atomic E-state index is 0.0290. The van der Waals surface area contributed by atoms with Gasteiger partial charge in [-0.15, -0.1) is 0 Å². The topological polar surface area (TPSA) is 82.5 Å². The van der Waals surface area contributed by atoms with Crippen molar-refractivity contribution in [2.45, 2.75) is 19.7 Å². The second kappa shape index (κ2) is 9.70. The number of benzene rings is 1. The first-order chi connectivity index (χ1) is 12.5. The summed E-state index contributed by atoms with van der Waals surface area (Å²) in [5.74, 6) is -0.550. The van der Waals surface area contributed by atoms with E-state index >= 15 is 0 Å². The fraction of sp³-hybridized carbons (Fsp3) is 0.312. The van der Waals surface area contributed by atoms with Crippen molar-refractivity contribution in [3.63, 3.8) is 0 Å². The molecule has 0 bridgehead atoms. The fourth-order valence-electron chi connectivity index (χ4n) is 1.94. The van der Waals surface area contributed by atoms with Gasteiger partial charge in [-0.2, -0.15) is 17.7 Å². The highest BCUT2D eigenvalue weighted by molar-refractivity contribution is 7.80. The van der Waals surface area contributed by atoms with Crippen molar-refractivity contribution in [2.75, 3.05) is 12.4 Å². The molecule has 140 valence electrons. The Bertz CT molecular complexity index is 785. The van der Waals surface area contributed by atoms with E-state index in [1.807, 2.05) is 0 Å². The van der Waals surface area contributed by atoms with Gasteiger partial charge in [-0.25, -0.2) is 9.48 Å². The van der Waals surface area contributed by atoms with E-state index in [1.54, 1.807) is 31.3 Å². The van der Waals surface area contributed by atoms with Crippen LogP contribution in [0.2, 0.25) is 10.0 Å². The molecule has 1 aromatic carbocycles. The molecule has 1 amide bonds. The minimum Gasteiger partial charge on any atom is -0.470 e. The number of thiol groups is 1. The first-order valence-corrected chi connectivity index (χ1v) is 9.03. The molecule has 2 aromatic rings. The standard InChI is InChI=1S/C16H17Cl2N3O4S/c1-2-24-16(23)12(8-26)19-15(22)11-6-7-21(20-11)9-25-13-5-3-4-10(17)14(13)18/h3-7,12,26H,2,8-9H2,1H3,(H,19,22)/t12-/m0/s1. The Balaban J connectivity index is 1.97. The van der Waals surface area contributed by atoms with Gasteiger partial charge >= 0.3 is 5.97 Å². The molecule has 0 aliphatic heterocycles. The molecular formula is C16H17Cl2N3O4S. The first kappa shape index (κ1) is 20.4. The lowest BCUT2D eigenvalue weighted by molar-refractivity contribution is -0.144. The third-order valence-corrected chi connectivity index (χ3v) is 4.37. The van der Waals surface area contributed by atoms with Crippen molar-refractivity contribution in [1.29, 1.82) is 0 Å². The van der Waals surface area contributed by atoms with Gasteiger partial charge in [0.15, 0.2) is 6.73 Å². The Morgan fingerprint density at radius 2 is 2.12 bits per heavy atom. The van der Waals surface area contributed by atoms with Crippen molar-refractivity contribution in [2.24, 2.45) is 0 Å². The van der Waals surface area contributed by atoms with E-state index in [0.29, 0.717) is 15.8 Å². The fourth-order valence-corrected chi connectivity index (χ4v) is 2.53. The molecule has 0 aliphatic carbocycles. The molecule has 0 saturated heterocycles. The number of ether oxygens (including phenoxy) is 2. The maximum Gasteiger partial charge on any atom is 0.329 e. The smallest absolute Gasteiger partial charge is 0.329 e. The second-order valence-corrected chi connectivity index (χ2v) is 6.18. The zero-order valence-corrected chi connectivity index (χ0v) is 16.2. The molecule has 1 aromatic heterocycles. The lowest BCUT2D eigenvalue weighted by Gasteiger charge is -2.14. The van der Waals surface area contributed by atoms with Crippen LogP contribution in [-0.4, -0.2) is 40.1 Å². The summed E-state index contributed by atoms with van der Waals surface area (Å²) in [6.07, 6.45) is 1.56. The molecule has 0 saturated carbocycles. The third kappa shape index (κ3) is 5.30. The molecule has 1 N–H and O–H groups in total. The van der Waals surface area contributed by atoms with Crippen molar-refractivity contribution >= 4 is 47.7 Å². The molecule has 1 heterocycles. The molecule has 10 heteroatoms. The molecule has 0 spiro atoms. The quantitative estimate of drug-likeness (QED) is 0.509. The normalized spacial score (nSPS) is 11.7. The van der Waals surface area contributed by atoms with E-state index in [2.05, 4.69) is 23.0 Å². The van der Waals surface area contributed by atoms with Crippen LogP contribution >= 0.6 is 35.8 Å². The van der Waals surface area contributed by atoms with E-state index < -0.39 is 17.9 Å². The van der Waals surface area contributed by atoms with Crippen molar-refractivity contribution < 1.29 is 19.1 Å². The highest BCUT2D eigenvalue weighted by Gasteiger charge is 2.22. The van der Waals surface area contributed by atoms with Crippen LogP contribution < -0.4 is 10.1 Å². The summed E-state index contributed by atoms with van der Waals surface area (Å²) in [5, 5.41) is 7.30. The molecule has 2 rings (SSSR count). The Morgan fingerprint density at radius 3 is 2.81 bits per heavy atom. The Hall–Kier alpha value is -1.90. The third-order valence-electron chi connectivity index (χ3n) is 3.20. The average Bonchev–Trinajstić information content (AvgIpc) is 3.10.